The number of primary amides is 3. The third-order valence-corrected chi connectivity index (χ3v) is 12.0. The van der Waals surface area contributed by atoms with Crippen LogP contribution >= 0.6 is 0 Å². The van der Waals surface area contributed by atoms with E-state index >= 15 is 0 Å². The van der Waals surface area contributed by atoms with E-state index in [0.29, 0.717) is 5.56 Å². The van der Waals surface area contributed by atoms with Crippen LogP contribution in [0.25, 0.3) is 0 Å². The number of carboxylic acid groups (broad SMARTS) is 3. The number of phenols is 1. The molecule has 0 unspecified atom stereocenters. The second kappa shape index (κ2) is 31.3. The zero-order valence-electron chi connectivity index (χ0n) is 43.1. The van der Waals surface area contributed by atoms with Crippen LogP contribution in [0.1, 0.15) is 77.7 Å². The lowest BCUT2D eigenvalue weighted by Gasteiger charge is -2.31. The molecule has 0 saturated carbocycles. The van der Waals surface area contributed by atoms with Crippen LogP contribution in [0, 0.1) is 5.92 Å². The molecule has 0 aromatic heterocycles. The van der Waals surface area contributed by atoms with Gasteiger partial charge in [0, 0.05) is 13.0 Å². The van der Waals surface area contributed by atoms with Gasteiger partial charge in [0.15, 0.2) is 0 Å². The average Bonchev–Trinajstić information content (AvgIpc) is 3.85. The summed E-state index contributed by atoms with van der Waals surface area (Å²) in [7, 11) is 0. The molecule has 2 rings (SSSR count). The number of nitrogens with zero attached hydrogens (tertiary/aromatic N) is 1. The van der Waals surface area contributed by atoms with Gasteiger partial charge in [0.25, 0.3) is 0 Å². The fourth-order valence-electron chi connectivity index (χ4n) is 7.68. The van der Waals surface area contributed by atoms with Crippen LogP contribution in [0.4, 0.5) is 0 Å². The molecule has 0 bridgehead atoms. The van der Waals surface area contributed by atoms with Crippen LogP contribution in [0.5, 0.6) is 5.75 Å². The largest absolute Gasteiger partial charge is 0.508 e. The maximum Gasteiger partial charge on any atom is 0.326 e. The first-order valence-corrected chi connectivity index (χ1v) is 24.3. The van der Waals surface area contributed by atoms with Gasteiger partial charge >= 0.3 is 17.9 Å². The Kier molecular flexibility index (Phi) is 26.2. The minimum absolute atomic E-state index is 0.0405. The number of carbonyl (C=O) groups is 15. The molecule has 1 aliphatic rings. The molecular formula is C46H67N13O20. The van der Waals surface area contributed by atoms with E-state index in [1.807, 2.05) is 16.0 Å². The summed E-state index contributed by atoms with van der Waals surface area (Å²) < 4.78 is 0. The molecular weight excluding hydrogens is 1050 g/mol. The van der Waals surface area contributed by atoms with E-state index in [1.54, 1.807) is 13.8 Å². The van der Waals surface area contributed by atoms with Crippen molar-refractivity contribution in [2.45, 2.75) is 139 Å². The van der Waals surface area contributed by atoms with Gasteiger partial charge in [-0.15, -0.1) is 0 Å². The first kappa shape index (κ1) is 66.1. The summed E-state index contributed by atoms with van der Waals surface area (Å²) in [5.74, 6) is -19.5. The van der Waals surface area contributed by atoms with Gasteiger partial charge in [-0.2, -0.15) is 0 Å². The third-order valence-electron chi connectivity index (χ3n) is 12.0. The van der Waals surface area contributed by atoms with Gasteiger partial charge in [-0.3, -0.25) is 67.1 Å². The minimum Gasteiger partial charge on any atom is -0.508 e. The van der Waals surface area contributed by atoms with Crippen molar-refractivity contribution in [3.8, 4) is 5.75 Å². The maximum absolute atomic E-state index is 14.2. The van der Waals surface area contributed by atoms with E-state index in [4.69, 9.17) is 28.0 Å². The number of amides is 12. The molecule has 1 fully saturated rings. The lowest BCUT2D eigenvalue weighted by Crippen LogP contribution is -2.61. The summed E-state index contributed by atoms with van der Waals surface area (Å²) in [4.78, 5) is 193. The number of benzene rings is 1. The molecule has 1 saturated heterocycles. The number of nitrogens with two attached hydrogens (primary N) is 4. The molecule has 11 atom stereocenters. The monoisotopic (exact) mass is 1120 g/mol. The van der Waals surface area contributed by atoms with Crippen molar-refractivity contribution < 1.29 is 97.5 Å². The number of carbonyl (C=O) groups excluding carboxylic acids is 12. The van der Waals surface area contributed by atoms with E-state index in [0.717, 1.165) is 11.8 Å². The molecule has 33 nitrogen and oxygen atoms in total. The maximum atomic E-state index is 14.2. The summed E-state index contributed by atoms with van der Waals surface area (Å²) in [6.07, 6.45) is -6.34. The molecule has 1 aliphatic heterocycles. The number of hydrogen-bond acceptors (Lipinski definition) is 18. The van der Waals surface area contributed by atoms with Crippen molar-refractivity contribution in [2.75, 3.05) is 13.1 Å². The molecule has 79 heavy (non-hydrogen) atoms. The highest BCUT2D eigenvalue weighted by Gasteiger charge is 2.41. The Morgan fingerprint density at radius 1 is 0.595 bits per heavy atom. The number of hydrogen-bond donors (Lipinski definition) is 17. The molecule has 21 N–H and O–H groups in total. The first-order valence-electron chi connectivity index (χ1n) is 24.3. The minimum atomic E-state index is -2.04. The predicted molar refractivity (Wildman–Crippen MR) is 266 cm³/mol. The summed E-state index contributed by atoms with van der Waals surface area (Å²) >= 11 is 0. The Morgan fingerprint density at radius 3 is 1.62 bits per heavy atom. The molecule has 1 aromatic carbocycles. The fraction of sp³-hybridized carbons (Fsp3) is 0.543. The van der Waals surface area contributed by atoms with Gasteiger partial charge in [0.1, 0.15) is 54.1 Å². The van der Waals surface area contributed by atoms with Crippen molar-refractivity contribution in [1.82, 2.24) is 47.4 Å². The highest BCUT2D eigenvalue weighted by molar-refractivity contribution is 6.00. The molecule has 12 amide bonds. The molecule has 0 radical (unpaired) electrons. The van der Waals surface area contributed by atoms with E-state index in [1.165, 1.54) is 24.3 Å². The van der Waals surface area contributed by atoms with Gasteiger partial charge in [-0.25, -0.2) is 4.79 Å². The Hall–Kier alpha value is -9.01. The number of rotatable bonds is 33. The highest BCUT2D eigenvalue weighted by atomic mass is 16.4. The second-order valence-corrected chi connectivity index (χ2v) is 18.4. The average molecular weight is 1120 g/mol. The number of aromatic hydroxyl groups is 1. The number of aliphatic hydroxyl groups excluding tert-OH is 1. The van der Waals surface area contributed by atoms with Crippen molar-refractivity contribution in [3.05, 3.63) is 29.8 Å². The number of likely N-dealkylation sites (tertiary alicyclic amines) is 1. The molecule has 0 aliphatic carbocycles. The number of nitrogens with one attached hydrogen (secondary N) is 8. The Morgan fingerprint density at radius 2 is 1.09 bits per heavy atom. The van der Waals surface area contributed by atoms with Gasteiger partial charge in [-0.05, 0) is 43.4 Å². The van der Waals surface area contributed by atoms with E-state index in [9.17, 15) is 92.3 Å². The Balaban J connectivity index is 2.36. The van der Waals surface area contributed by atoms with Crippen molar-refractivity contribution in [3.63, 3.8) is 0 Å². The number of phenolic OH excluding ortho intramolecular Hbond substituents is 1. The smallest absolute Gasteiger partial charge is 0.326 e. The molecule has 1 heterocycles. The van der Waals surface area contributed by atoms with E-state index in [2.05, 4.69) is 26.6 Å². The molecule has 33 heteroatoms. The van der Waals surface area contributed by atoms with Crippen molar-refractivity contribution in [1.29, 1.82) is 0 Å². The van der Waals surface area contributed by atoms with Gasteiger partial charge in [-0.1, -0.05) is 32.4 Å². The highest BCUT2D eigenvalue weighted by Crippen LogP contribution is 2.21. The van der Waals surface area contributed by atoms with Crippen LogP contribution in [0.3, 0.4) is 0 Å². The number of aliphatic carboxylic acids is 3. The van der Waals surface area contributed by atoms with Crippen LogP contribution in [0.15, 0.2) is 24.3 Å². The van der Waals surface area contributed by atoms with Crippen LogP contribution in [-0.4, -0.2) is 193 Å². The second-order valence-electron chi connectivity index (χ2n) is 18.4. The van der Waals surface area contributed by atoms with Crippen molar-refractivity contribution >= 4 is 88.8 Å². The number of carboxylic acids is 3. The first-order chi connectivity index (χ1) is 36.8. The predicted octanol–water partition coefficient (Wildman–Crippen LogP) is -8.15. The van der Waals surface area contributed by atoms with Gasteiger partial charge < -0.3 is 95.9 Å². The normalized spacial score (nSPS) is 16.6. The zero-order chi connectivity index (χ0) is 60.0. The summed E-state index contributed by atoms with van der Waals surface area (Å²) in [5.41, 5.74) is 21.8. The topological polar surface area (TPSA) is 561 Å². The van der Waals surface area contributed by atoms with Crippen LogP contribution in [0.2, 0.25) is 0 Å². The van der Waals surface area contributed by atoms with E-state index < -0.39 is 194 Å². The summed E-state index contributed by atoms with van der Waals surface area (Å²) in [5, 5.41) is 65.3. The summed E-state index contributed by atoms with van der Waals surface area (Å²) in [6, 6.07) is -10.4. The fourth-order valence-corrected chi connectivity index (χ4v) is 7.68. The Labute approximate surface area is 449 Å². The molecule has 1 aromatic rings. The molecule has 436 valence electrons. The van der Waals surface area contributed by atoms with Gasteiger partial charge in [0.2, 0.25) is 70.9 Å². The standard InChI is InChI=1S/C46H67N13O20/c1-4-19(2)36(57-38(70)23(47)13-34(66)67)43(75)55-27(15-31(49)63)45(77)59-11-5-6-29(59)42(74)54-24(12-21-7-9-22(61)10-8-21)40(72)53-25(14-30(48)62)39(71)51-18-33(65)52-26(17-35(68)69)41(73)58-37(20(3)60)44(76)56-28(46(78)79)16-32(50)64/h7-10,19-20,23-29,36-37,60-61H,4-6,11-18,47H2,1-3H3,(H2,48,62)(H2,49,63)(H2,50,64)(H,51,71)(H,52,65)(H,53,72)(H,54,74)(H,55,75)(H,56,76)(H,57,70)(H,58,73)(H,66,67)(H,68,69)(H,78,79)/t19-,20+,23-,24-,25-,26-,27-,28-,29-,36-,37-/m0/s1. The summed E-state index contributed by atoms with van der Waals surface area (Å²) in [6.45, 7) is 2.98. The Bertz CT molecular complexity index is 2480. The molecule has 0 spiro atoms. The number of aliphatic hydroxyl groups is 1. The van der Waals surface area contributed by atoms with Crippen LogP contribution < -0.4 is 65.5 Å². The van der Waals surface area contributed by atoms with Crippen molar-refractivity contribution in [2.24, 2.45) is 28.9 Å². The zero-order valence-corrected chi connectivity index (χ0v) is 43.1. The van der Waals surface area contributed by atoms with Crippen LogP contribution in [-0.2, 0) is 78.3 Å². The third kappa shape index (κ3) is 22.2. The van der Waals surface area contributed by atoms with Gasteiger partial charge in [0.05, 0.1) is 50.8 Å². The van der Waals surface area contributed by atoms with E-state index in [-0.39, 0.29) is 38.0 Å². The lowest BCUT2D eigenvalue weighted by molar-refractivity contribution is -0.145. The SMILES string of the molecule is CC[C@H](C)[C@H](NC(=O)[C@@H](N)CC(=O)O)C(=O)N[C@@H](CC(N)=O)C(=O)N1CCC[C@H]1C(=O)N[C@@H](Cc1ccc(O)cc1)C(=O)N[C@@H](CC(N)=O)C(=O)NCC(=O)N[C@@H](CC(=O)O)C(=O)N[C@H](C(=O)N[C@@H](CC(N)=O)C(=O)O)[C@@H](C)O. The quantitative estimate of drug-likeness (QED) is 0.0311. The lowest BCUT2D eigenvalue weighted by atomic mass is 9.97.